The fraction of sp³-hybridized carbons (Fsp3) is 0.562. The van der Waals surface area contributed by atoms with Crippen LogP contribution in [0, 0.1) is 11.3 Å². The molecule has 24 heavy (non-hydrogen) atoms. The molecule has 130 valence electrons. The predicted molar refractivity (Wildman–Crippen MR) is 77.5 cm³/mol. The van der Waals surface area contributed by atoms with Crippen molar-refractivity contribution in [1.82, 2.24) is 0 Å². The number of methoxy groups -OCH3 is 2. The van der Waals surface area contributed by atoms with Crippen molar-refractivity contribution in [3.05, 3.63) is 11.1 Å². The second-order valence-electron chi connectivity index (χ2n) is 5.65. The Bertz CT molecular complexity index is 632. The van der Waals surface area contributed by atoms with Crippen molar-refractivity contribution in [3.63, 3.8) is 0 Å². The summed E-state index contributed by atoms with van der Waals surface area (Å²) in [6.07, 6.45) is 0.362. The summed E-state index contributed by atoms with van der Waals surface area (Å²) in [5, 5.41) is 0. The predicted octanol–water partition coefficient (Wildman–Crippen LogP) is 0.130. The van der Waals surface area contributed by atoms with E-state index in [1.807, 2.05) is 0 Å². The summed E-state index contributed by atoms with van der Waals surface area (Å²) in [7, 11) is 2.24. The summed E-state index contributed by atoms with van der Waals surface area (Å²) >= 11 is 0. The summed E-state index contributed by atoms with van der Waals surface area (Å²) in [6, 6.07) is 0. The lowest BCUT2D eigenvalue weighted by Crippen LogP contribution is -2.48. The molecule has 1 fully saturated rings. The molecule has 2 atom stereocenters. The molecule has 0 N–H and O–H groups in total. The molecule has 8 heteroatoms. The van der Waals surface area contributed by atoms with Crippen molar-refractivity contribution in [2.24, 2.45) is 11.3 Å². The SMILES string of the molecule is COC(=O)[C@@H]1CCC(=O)[C@]1(C(=O)OC)C1=C(COC=O)CCC1=O. The Balaban J connectivity index is 2.68. The lowest BCUT2D eigenvalue weighted by Gasteiger charge is -2.31. The fourth-order valence-corrected chi connectivity index (χ4v) is 3.64. The van der Waals surface area contributed by atoms with Crippen LogP contribution in [0.2, 0.25) is 0 Å². The van der Waals surface area contributed by atoms with Gasteiger partial charge < -0.3 is 14.2 Å². The highest BCUT2D eigenvalue weighted by molar-refractivity contribution is 6.20. The third-order valence-electron chi connectivity index (χ3n) is 4.62. The lowest BCUT2D eigenvalue weighted by atomic mass is 9.69. The topological polar surface area (TPSA) is 113 Å². The standard InChI is InChI=1S/C16H18O8/c1-22-14(20)10-4-6-12(19)16(10,15(21)23-2)13-9(7-24-8-17)3-5-11(13)18/h8,10H,3-7H2,1-2H3/t10-,16-/m0/s1. The third-order valence-corrected chi connectivity index (χ3v) is 4.62. The Hall–Kier alpha value is -2.51. The van der Waals surface area contributed by atoms with E-state index in [2.05, 4.69) is 0 Å². The van der Waals surface area contributed by atoms with E-state index in [1.165, 1.54) is 0 Å². The Morgan fingerprint density at radius 2 is 1.88 bits per heavy atom. The number of hydrogen-bond acceptors (Lipinski definition) is 8. The first-order valence-corrected chi connectivity index (χ1v) is 7.45. The molecule has 2 rings (SSSR count). The molecule has 0 unspecified atom stereocenters. The van der Waals surface area contributed by atoms with E-state index in [1.54, 1.807) is 0 Å². The van der Waals surface area contributed by atoms with Crippen LogP contribution in [0.3, 0.4) is 0 Å². The van der Waals surface area contributed by atoms with Crippen LogP contribution in [0.5, 0.6) is 0 Å². The maximum atomic E-state index is 12.7. The molecule has 0 amide bonds. The second-order valence-corrected chi connectivity index (χ2v) is 5.65. The van der Waals surface area contributed by atoms with Crippen molar-refractivity contribution in [2.75, 3.05) is 20.8 Å². The number of Topliss-reactive ketones (excluding diaryl/α,β-unsaturated/α-hetero) is 2. The van der Waals surface area contributed by atoms with Crippen LogP contribution in [-0.2, 0) is 38.2 Å². The number of hydrogen-bond donors (Lipinski definition) is 0. The van der Waals surface area contributed by atoms with Gasteiger partial charge in [0.25, 0.3) is 6.47 Å². The molecule has 0 bridgehead atoms. The Kier molecular flexibility index (Phi) is 5.16. The average molecular weight is 338 g/mol. The number of carbonyl (C=O) groups excluding carboxylic acids is 5. The Labute approximate surface area is 138 Å². The van der Waals surface area contributed by atoms with Gasteiger partial charge in [0.05, 0.1) is 20.1 Å². The van der Waals surface area contributed by atoms with E-state index in [0.717, 1.165) is 14.2 Å². The zero-order chi connectivity index (χ0) is 17.9. The zero-order valence-corrected chi connectivity index (χ0v) is 13.5. The molecular weight excluding hydrogens is 320 g/mol. The van der Waals surface area contributed by atoms with Gasteiger partial charge in [-0.05, 0) is 18.4 Å². The number of rotatable bonds is 6. The molecule has 0 radical (unpaired) electrons. The highest BCUT2D eigenvalue weighted by atomic mass is 16.5. The molecule has 0 aromatic carbocycles. The van der Waals surface area contributed by atoms with Gasteiger partial charge in [0, 0.05) is 18.4 Å². The highest BCUT2D eigenvalue weighted by Crippen LogP contribution is 2.51. The summed E-state index contributed by atoms with van der Waals surface area (Å²) in [4.78, 5) is 60.3. The zero-order valence-electron chi connectivity index (χ0n) is 13.5. The Morgan fingerprint density at radius 1 is 1.17 bits per heavy atom. The third kappa shape index (κ3) is 2.51. The summed E-state index contributed by atoms with van der Waals surface area (Å²) in [5.41, 5.74) is -1.73. The number of ether oxygens (including phenoxy) is 3. The van der Waals surface area contributed by atoms with Crippen LogP contribution in [-0.4, -0.2) is 50.8 Å². The molecule has 0 aliphatic heterocycles. The van der Waals surface area contributed by atoms with Gasteiger partial charge in [-0.2, -0.15) is 0 Å². The highest BCUT2D eigenvalue weighted by Gasteiger charge is 2.64. The average Bonchev–Trinajstić information content (AvgIpc) is 3.12. The van der Waals surface area contributed by atoms with E-state index in [4.69, 9.17) is 14.2 Å². The summed E-state index contributed by atoms with van der Waals surface area (Å²) in [6.45, 7) is -0.00299. The van der Waals surface area contributed by atoms with E-state index >= 15 is 0 Å². The number of carbonyl (C=O) groups is 5. The van der Waals surface area contributed by atoms with Gasteiger partial charge in [0.15, 0.2) is 17.0 Å². The van der Waals surface area contributed by atoms with Crippen molar-refractivity contribution < 1.29 is 38.2 Å². The van der Waals surface area contributed by atoms with Crippen LogP contribution in [0.4, 0.5) is 0 Å². The van der Waals surface area contributed by atoms with Crippen molar-refractivity contribution >= 4 is 30.0 Å². The van der Waals surface area contributed by atoms with Crippen molar-refractivity contribution in [2.45, 2.75) is 25.7 Å². The second kappa shape index (κ2) is 6.94. The van der Waals surface area contributed by atoms with Crippen LogP contribution in [0.1, 0.15) is 25.7 Å². The molecule has 8 nitrogen and oxygen atoms in total. The molecule has 2 aliphatic rings. The first-order chi connectivity index (χ1) is 11.4. The maximum Gasteiger partial charge on any atom is 0.324 e. The van der Waals surface area contributed by atoms with E-state index in [0.29, 0.717) is 5.57 Å². The minimum atomic E-state index is -2.02. The van der Waals surface area contributed by atoms with Crippen LogP contribution in [0.15, 0.2) is 11.1 Å². The smallest absolute Gasteiger partial charge is 0.324 e. The first kappa shape index (κ1) is 17.8. The van der Waals surface area contributed by atoms with Crippen LogP contribution in [0.25, 0.3) is 0 Å². The molecule has 0 saturated heterocycles. The lowest BCUT2D eigenvalue weighted by molar-refractivity contribution is -0.165. The summed E-state index contributed by atoms with van der Waals surface area (Å²) in [5.74, 6) is -3.83. The van der Waals surface area contributed by atoms with Crippen LogP contribution >= 0.6 is 0 Å². The molecule has 0 heterocycles. The van der Waals surface area contributed by atoms with Gasteiger partial charge in [0.1, 0.15) is 6.61 Å². The van der Waals surface area contributed by atoms with Gasteiger partial charge in [-0.15, -0.1) is 0 Å². The number of esters is 2. The first-order valence-electron chi connectivity index (χ1n) is 7.45. The Morgan fingerprint density at radius 3 is 2.46 bits per heavy atom. The van der Waals surface area contributed by atoms with Gasteiger partial charge in [-0.1, -0.05) is 0 Å². The minimum Gasteiger partial charge on any atom is -0.469 e. The van der Waals surface area contributed by atoms with Gasteiger partial charge in [0.2, 0.25) is 0 Å². The van der Waals surface area contributed by atoms with Crippen LogP contribution < -0.4 is 0 Å². The van der Waals surface area contributed by atoms with Crippen molar-refractivity contribution in [3.8, 4) is 0 Å². The van der Waals surface area contributed by atoms with E-state index < -0.39 is 34.8 Å². The monoisotopic (exact) mass is 338 g/mol. The van der Waals surface area contributed by atoms with Gasteiger partial charge in [-0.3, -0.25) is 24.0 Å². The molecule has 0 aromatic heterocycles. The number of ketones is 2. The molecule has 2 aliphatic carbocycles. The molecular formula is C16H18O8. The van der Waals surface area contributed by atoms with Gasteiger partial charge >= 0.3 is 11.9 Å². The van der Waals surface area contributed by atoms with E-state index in [9.17, 15) is 24.0 Å². The minimum absolute atomic E-state index is 0.0482. The molecule has 1 saturated carbocycles. The molecule has 0 aromatic rings. The van der Waals surface area contributed by atoms with Gasteiger partial charge in [-0.25, -0.2) is 0 Å². The summed E-state index contributed by atoms with van der Waals surface area (Å²) < 4.78 is 14.2. The van der Waals surface area contributed by atoms with E-state index in [-0.39, 0.29) is 44.3 Å². The fourth-order valence-electron chi connectivity index (χ4n) is 3.64. The van der Waals surface area contributed by atoms with Crippen molar-refractivity contribution in [1.29, 1.82) is 0 Å². The largest absolute Gasteiger partial charge is 0.469 e. The molecule has 0 spiro atoms. The maximum absolute atomic E-state index is 12.7. The quantitative estimate of drug-likeness (QED) is 0.291. The normalized spacial score (nSPS) is 26.5.